The molecule has 8 nitrogen and oxygen atoms in total. The number of hydrogen-bond donors (Lipinski definition) is 0. The van der Waals surface area contributed by atoms with Crippen LogP contribution in [0.15, 0.2) is 65.6 Å². The van der Waals surface area contributed by atoms with Gasteiger partial charge in [-0.05, 0) is 61.2 Å². The van der Waals surface area contributed by atoms with E-state index in [1.165, 1.54) is 6.20 Å². The first-order chi connectivity index (χ1) is 16.3. The van der Waals surface area contributed by atoms with E-state index in [1.54, 1.807) is 36.7 Å². The molecule has 5 aromatic rings. The van der Waals surface area contributed by atoms with Crippen molar-refractivity contribution in [1.82, 2.24) is 29.9 Å². The van der Waals surface area contributed by atoms with Crippen LogP contribution in [-0.4, -0.2) is 36.5 Å². The van der Waals surface area contributed by atoms with Crippen molar-refractivity contribution in [3.05, 3.63) is 67.0 Å². The number of halogens is 1. The highest BCUT2D eigenvalue weighted by molar-refractivity contribution is 5.95. The van der Waals surface area contributed by atoms with Gasteiger partial charge in [-0.1, -0.05) is 11.2 Å². The Labute approximate surface area is 188 Å². The molecule has 1 atom stereocenters. The molecule has 9 heteroatoms. The van der Waals surface area contributed by atoms with Crippen LogP contribution in [0, 0.1) is 5.95 Å². The molecule has 1 saturated heterocycles. The summed E-state index contributed by atoms with van der Waals surface area (Å²) in [5.41, 5.74) is 3.28. The van der Waals surface area contributed by atoms with Crippen molar-refractivity contribution in [2.24, 2.45) is 0 Å². The van der Waals surface area contributed by atoms with Gasteiger partial charge in [0.1, 0.15) is 5.69 Å². The highest BCUT2D eigenvalue weighted by Crippen LogP contribution is 2.35. The summed E-state index contributed by atoms with van der Waals surface area (Å²) >= 11 is 0. The molecular formula is C24H19FN6O2. The monoisotopic (exact) mass is 442 g/mol. The molecule has 0 radical (unpaired) electrons. The van der Waals surface area contributed by atoms with E-state index < -0.39 is 5.95 Å². The predicted molar refractivity (Wildman–Crippen MR) is 118 cm³/mol. The highest BCUT2D eigenvalue weighted by Gasteiger charge is 2.24. The van der Waals surface area contributed by atoms with Gasteiger partial charge in [0.05, 0.1) is 5.52 Å². The zero-order valence-corrected chi connectivity index (χ0v) is 17.6. The second-order valence-corrected chi connectivity index (χ2v) is 7.85. The lowest BCUT2D eigenvalue weighted by molar-refractivity contribution is -0.0365. The Morgan fingerprint density at radius 2 is 1.91 bits per heavy atom. The average molecular weight is 442 g/mol. The molecule has 0 aliphatic carbocycles. The van der Waals surface area contributed by atoms with E-state index in [0.717, 1.165) is 35.7 Å². The lowest BCUT2D eigenvalue weighted by Crippen LogP contribution is -2.19. The Morgan fingerprint density at radius 1 is 1.00 bits per heavy atom. The van der Waals surface area contributed by atoms with E-state index in [-0.39, 0.29) is 6.23 Å². The van der Waals surface area contributed by atoms with Crippen LogP contribution in [0.3, 0.4) is 0 Å². The first kappa shape index (κ1) is 19.7. The summed E-state index contributed by atoms with van der Waals surface area (Å²) < 4.78 is 27.8. The number of benzene rings is 1. The van der Waals surface area contributed by atoms with Crippen molar-refractivity contribution >= 4 is 10.9 Å². The summed E-state index contributed by atoms with van der Waals surface area (Å²) in [7, 11) is 0. The molecule has 1 aliphatic rings. The largest absolute Gasteiger partial charge is 0.356 e. The van der Waals surface area contributed by atoms with E-state index in [1.807, 2.05) is 22.9 Å². The van der Waals surface area contributed by atoms with E-state index in [4.69, 9.17) is 14.4 Å². The predicted octanol–water partition coefficient (Wildman–Crippen LogP) is 5.05. The quantitative estimate of drug-likeness (QED) is 0.360. The van der Waals surface area contributed by atoms with E-state index in [0.29, 0.717) is 35.1 Å². The summed E-state index contributed by atoms with van der Waals surface area (Å²) in [4.78, 5) is 12.4. The summed E-state index contributed by atoms with van der Waals surface area (Å²) in [5, 5.41) is 9.80. The van der Waals surface area contributed by atoms with E-state index in [9.17, 15) is 4.39 Å². The second kappa shape index (κ2) is 8.18. The minimum Gasteiger partial charge on any atom is -0.356 e. The topological polar surface area (TPSA) is 91.8 Å². The number of hydrogen-bond acceptors (Lipinski definition) is 7. The van der Waals surface area contributed by atoms with Gasteiger partial charge in [-0.2, -0.15) is 14.5 Å². The molecule has 33 heavy (non-hydrogen) atoms. The number of pyridine rings is 2. The second-order valence-electron chi connectivity index (χ2n) is 7.85. The van der Waals surface area contributed by atoms with Crippen molar-refractivity contribution in [3.63, 3.8) is 0 Å². The summed E-state index contributed by atoms with van der Waals surface area (Å²) in [6, 6.07) is 12.7. The van der Waals surface area contributed by atoms with Gasteiger partial charge in [0.15, 0.2) is 6.23 Å². The van der Waals surface area contributed by atoms with Crippen LogP contribution < -0.4 is 0 Å². The molecule has 6 rings (SSSR count). The van der Waals surface area contributed by atoms with Crippen LogP contribution in [0.4, 0.5) is 4.39 Å². The normalized spacial score (nSPS) is 16.3. The maximum atomic E-state index is 14.4. The fourth-order valence-electron chi connectivity index (χ4n) is 4.14. The third kappa shape index (κ3) is 3.56. The Hall–Kier alpha value is -3.98. The van der Waals surface area contributed by atoms with Gasteiger partial charge >= 0.3 is 0 Å². The molecule has 0 bridgehead atoms. The van der Waals surface area contributed by atoms with Crippen LogP contribution >= 0.6 is 0 Å². The summed E-state index contributed by atoms with van der Waals surface area (Å²) in [5.74, 6) is 0.199. The minimum absolute atomic E-state index is 0.178. The molecular weight excluding hydrogens is 423 g/mol. The third-order valence-corrected chi connectivity index (χ3v) is 5.77. The van der Waals surface area contributed by atoms with E-state index >= 15 is 0 Å². The first-order valence-corrected chi connectivity index (χ1v) is 10.8. The summed E-state index contributed by atoms with van der Waals surface area (Å²) in [6.45, 7) is 0.689. The maximum Gasteiger partial charge on any atom is 0.258 e. The van der Waals surface area contributed by atoms with Crippen molar-refractivity contribution in [2.75, 3.05) is 6.61 Å². The molecule has 1 aromatic carbocycles. The molecule has 4 aromatic heterocycles. The Bertz CT molecular complexity index is 1430. The third-order valence-electron chi connectivity index (χ3n) is 5.77. The van der Waals surface area contributed by atoms with Crippen molar-refractivity contribution < 1.29 is 13.7 Å². The zero-order valence-electron chi connectivity index (χ0n) is 17.6. The van der Waals surface area contributed by atoms with Crippen LogP contribution in [-0.2, 0) is 4.74 Å². The number of rotatable bonds is 4. The molecule has 0 amide bonds. The Balaban J connectivity index is 1.51. The van der Waals surface area contributed by atoms with Gasteiger partial charge in [0.2, 0.25) is 11.8 Å². The molecule has 1 fully saturated rings. The smallest absolute Gasteiger partial charge is 0.258 e. The van der Waals surface area contributed by atoms with Crippen molar-refractivity contribution in [2.45, 2.75) is 25.5 Å². The standard InChI is InChI=1S/C24H19FN6O2/c25-22-17(4-3-10-27-22)16-6-7-19-18(14-16)21(29-31(19)20-5-1-2-13-32-20)23-28-24(33-30-23)15-8-11-26-12-9-15/h3-4,6-12,14,20H,1-2,5,13H2. The number of ether oxygens (including phenoxy) is 1. The molecule has 1 aliphatic heterocycles. The SMILES string of the molecule is Fc1ncccc1-c1ccc2c(c1)c(-c1noc(-c3ccncc3)n1)nn2C1CCCCO1. The zero-order chi connectivity index (χ0) is 22.2. The fraction of sp³-hybridized carbons (Fsp3) is 0.208. The van der Waals surface area contributed by atoms with E-state index in [2.05, 4.69) is 20.1 Å². The van der Waals surface area contributed by atoms with Crippen LogP contribution in [0.2, 0.25) is 0 Å². The molecule has 0 N–H and O–H groups in total. The molecule has 5 heterocycles. The highest BCUT2D eigenvalue weighted by atomic mass is 19.1. The van der Waals surface area contributed by atoms with Crippen LogP contribution in [0.25, 0.3) is 45.0 Å². The van der Waals surface area contributed by atoms with Crippen molar-refractivity contribution in [1.29, 1.82) is 0 Å². The number of fused-ring (bicyclic) bond motifs is 1. The molecule has 0 spiro atoms. The van der Waals surface area contributed by atoms with Crippen LogP contribution in [0.1, 0.15) is 25.5 Å². The lowest BCUT2D eigenvalue weighted by Gasteiger charge is -2.23. The number of nitrogens with zero attached hydrogens (tertiary/aromatic N) is 6. The maximum absolute atomic E-state index is 14.4. The Morgan fingerprint density at radius 3 is 2.73 bits per heavy atom. The van der Waals surface area contributed by atoms with Gasteiger partial charge in [-0.25, -0.2) is 9.67 Å². The van der Waals surface area contributed by atoms with Gasteiger partial charge in [0, 0.05) is 41.7 Å². The first-order valence-electron chi connectivity index (χ1n) is 10.8. The Kier molecular flexibility index (Phi) is 4.88. The average Bonchev–Trinajstić information content (AvgIpc) is 3.50. The molecule has 0 saturated carbocycles. The lowest BCUT2D eigenvalue weighted by atomic mass is 10.0. The van der Waals surface area contributed by atoms with Crippen LogP contribution in [0.5, 0.6) is 0 Å². The molecule has 1 unspecified atom stereocenters. The minimum atomic E-state index is -0.527. The van der Waals surface area contributed by atoms with Crippen molar-refractivity contribution in [3.8, 4) is 34.1 Å². The van der Waals surface area contributed by atoms with Gasteiger partial charge in [0.25, 0.3) is 5.89 Å². The number of aromatic nitrogens is 6. The van der Waals surface area contributed by atoms with Gasteiger partial charge < -0.3 is 9.26 Å². The van der Waals surface area contributed by atoms with Gasteiger partial charge in [-0.15, -0.1) is 0 Å². The molecule has 164 valence electrons. The fourth-order valence-corrected chi connectivity index (χ4v) is 4.14. The summed E-state index contributed by atoms with van der Waals surface area (Å²) in [6.07, 6.45) is 7.55. The van der Waals surface area contributed by atoms with Gasteiger partial charge in [-0.3, -0.25) is 4.98 Å².